The summed E-state index contributed by atoms with van der Waals surface area (Å²) in [5.41, 5.74) is -0.0557. The number of carboxylic acid groups (broad SMARTS) is 1. The Morgan fingerprint density at radius 3 is 2.55 bits per heavy atom. The molecule has 1 amide bonds. The molecule has 0 radical (unpaired) electrons. The Morgan fingerprint density at radius 2 is 1.95 bits per heavy atom. The zero-order valence-electron chi connectivity index (χ0n) is 10.1. The van der Waals surface area contributed by atoms with Crippen LogP contribution in [0.2, 0.25) is 0 Å². The molecule has 1 heterocycles. The first-order valence-electron chi connectivity index (χ1n) is 5.60. The first-order chi connectivity index (χ1) is 9.58. The quantitative estimate of drug-likeness (QED) is 0.860. The molecule has 1 aromatic carbocycles. The molecule has 0 aliphatic heterocycles. The van der Waals surface area contributed by atoms with E-state index in [0.29, 0.717) is 15.8 Å². The maximum atomic E-state index is 12.0. The lowest BCUT2D eigenvalue weighted by molar-refractivity contribution is -0.299. The molecule has 102 valence electrons. The van der Waals surface area contributed by atoms with Gasteiger partial charge in [0.05, 0.1) is 23.5 Å². The number of halogens is 1. The number of carboxylic acids is 1. The highest BCUT2D eigenvalue weighted by Gasteiger charge is 2.11. The van der Waals surface area contributed by atoms with Crippen molar-refractivity contribution in [1.29, 1.82) is 0 Å². The minimum absolute atomic E-state index is 0.302. The van der Waals surface area contributed by atoms with Crippen molar-refractivity contribution in [2.75, 3.05) is 0 Å². The standard InChI is InChI=1S/C14H10BrNO4/c15-11-6-2-1-5-10(11)13(17)16-12(14(18)19)8-9-4-3-7-20-9/h1-8H,(H,16,17)(H,18,19)/p-1/b12-8+. The summed E-state index contributed by atoms with van der Waals surface area (Å²) in [4.78, 5) is 23.0. The number of hydrogen-bond acceptors (Lipinski definition) is 4. The van der Waals surface area contributed by atoms with E-state index in [1.54, 1.807) is 36.4 Å². The molecule has 0 bridgehead atoms. The minimum Gasteiger partial charge on any atom is -0.543 e. The lowest BCUT2D eigenvalue weighted by Gasteiger charge is -2.11. The maximum Gasteiger partial charge on any atom is 0.256 e. The summed E-state index contributed by atoms with van der Waals surface area (Å²) in [6.45, 7) is 0. The molecule has 2 aromatic rings. The molecule has 20 heavy (non-hydrogen) atoms. The van der Waals surface area contributed by atoms with Crippen molar-refractivity contribution in [1.82, 2.24) is 5.32 Å². The van der Waals surface area contributed by atoms with Gasteiger partial charge in [0.15, 0.2) is 0 Å². The Balaban J connectivity index is 2.24. The number of hydrogen-bond donors (Lipinski definition) is 1. The number of carbonyl (C=O) groups is 2. The molecule has 0 fully saturated rings. The van der Waals surface area contributed by atoms with E-state index in [4.69, 9.17) is 4.42 Å². The molecule has 1 N–H and O–H groups in total. The van der Waals surface area contributed by atoms with Crippen LogP contribution < -0.4 is 10.4 Å². The van der Waals surface area contributed by atoms with Crippen LogP contribution in [0.4, 0.5) is 0 Å². The smallest absolute Gasteiger partial charge is 0.256 e. The highest BCUT2D eigenvalue weighted by molar-refractivity contribution is 9.10. The number of rotatable bonds is 4. The summed E-state index contributed by atoms with van der Waals surface area (Å²) < 4.78 is 5.56. The molecule has 0 saturated heterocycles. The second-order valence-electron chi connectivity index (χ2n) is 3.79. The second-order valence-corrected chi connectivity index (χ2v) is 4.65. The molecule has 1 aromatic heterocycles. The van der Waals surface area contributed by atoms with Gasteiger partial charge in [-0.15, -0.1) is 0 Å². The monoisotopic (exact) mass is 334 g/mol. The van der Waals surface area contributed by atoms with E-state index in [1.165, 1.54) is 12.3 Å². The third kappa shape index (κ3) is 3.36. The van der Waals surface area contributed by atoms with Crippen LogP contribution in [-0.4, -0.2) is 11.9 Å². The van der Waals surface area contributed by atoms with E-state index in [0.717, 1.165) is 0 Å². The summed E-state index contributed by atoms with van der Waals surface area (Å²) in [5.74, 6) is -1.75. The van der Waals surface area contributed by atoms with Crippen molar-refractivity contribution in [3.8, 4) is 0 Å². The number of nitrogens with one attached hydrogen (secondary N) is 1. The lowest BCUT2D eigenvalue weighted by atomic mass is 10.2. The van der Waals surface area contributed by atoms with E-state index in [1.807, 2.05) is 0 Å². The summed E-state index contributed by atoms with van der Waals surface area (Å²) in [7, 11) is 0. The average Bonchev–Trinajstić information content (AvgIpc) is 2.91. The van der Waals surface area contributed by atoms with Crippen molar-refractivity contribution in [2.24, 2.45) is 0 Å². The number of furan rings is 1. The average molecular weight is 335 g/mol. The topological polar surface area (TPSA) is 82.4 Å². The number of benzene rings is 1. The molecule has 0 atom stereocenters. The zero-order chi connectivity index (χ0) is 14.5. The molecular weight excluding hydrogens is 326 g/mol. The van der Waals surface area contributed by atoms with Gasteiger partial charge in [-0.1, -0.05) is 12.1 Å². The Bertz CT molecular complexity index is 662. The predicted octanol–water partition coefficient (Wildman–Crippen LogP) is 1.56. The molecule has 5 nitrogen and oxygen atoms in total. The Labute approximate surface area is 123 Å². The molecular formula is C14H9BrNO4-. The zero-order valence-corrected chi connectivity index (χ0v) is 11.7. The predicted molar refractivity (Wildman–Crippen MR) is 73.3 cm³/mol. The van der Waals surface area contributed by atoms with Gasteiger partial charge in [0, 0.05) is 10.5 Å². The van der Waals surface area contributed by atoms with Crippen LogP contribution in [0.5, 0.6) is 0 Å². The molecule has 0 saturated carbocycles. The third-order valence-electron chi connectivity index (χ3n) is 2.42. The highest BCUT2D eigenvalue weighted by atomic mass is 79.9. The summed E-state index contributed by atoms with van der Waals surface area (Å²) in [6, 6.07) is 9.85. The van der Waals surface area contributed by atoms with Crippen molar-refractivity contribution in [3.05, 3.63) is 64.2 Å². The normalized spacial score (nSPS) is 11.2. The summed E-state index contributed by atoms with van der Waals surface area (Å²) in [5, 5.41) is 13.3. The largest absolute Gasteiger partial charge is 0.543 e. The van der Waals surface area contributed by atoms with Crippen LogP contribution >= 0.6 is 15.9 Å². The van der Waals surface area contributed by atoms with Crippen LogP contribution in [0.1, 0.15) is 16.1 Å². The molecule has 6 heteroatoms. The second kappa shape index (κ2) is 6.21. The number of aliphatic carboxylic acids is 1. The third-order valence-corrected chi connectivity index (χ3v) is 3.11. The van der Waals surface area contributed by atoms with Gasteiger partial charge in [0.1, 0.15) is 5.76 Å². The molecule has 0 aliphatic rings. The Hall–Kier alpha value is -2.34. The van der Waals surface area contributed by atoms with E-state index >= 15 is 0 Å². The fourth-order valence-electron chi connectivity index (χ4n) is 1.50. The van der Waals surface area contributed by atoms with Gasteiger partial charge in [-0.05, 0) is 40.2 Å². The van der Waals surface area contributed by atoms with Gasteiger partial charge in [-0.2, -0.15) is 0 Å². The van der Waals surface area contributed by atoms with E-state index in [-0.39, 0.29) is 5.70 Å². The van der Waals surface area contributed by atoms with E-state index in [9.17, 15) is 14.7 Å². The summed E-state index contributed by atoms with van der Waals surface area (Å²) >= 11 is 3.22. The minimum atomic E-state index is -1.50. The van der Waals surface area contributed by atoms with Crippen LogP contribution in [0.15, 0.2) is 57.2 Å². The molecule has 2 rings (SSSR count). The number of carbonyl (C=O) groups excluding carboxylic acids is 2. The van der Waals surface area contributed by atoms with Crippen molar-refractivity contribution < 1.29 is 19.1 Å². The fourth-order valence-corrected chi connectivity index (χ4v) is 1.96. The van der Waals surface area contributed by atoms with Gasteiger partial charge in [-0.3, -0.25) is 4.79 Å². The van der Waals surface area contributed by atoms with Gasteiger partial charge in [-0.25, -0.2) is 0 Å². The molecule has 0 aliphatic carbocycles. The molecule has 0 unspecified atom stereocenters. The lowest BCUT2D eigenvalue weighted by Crippen LogP contribution is -2.35. The van der Waals surface area contributed by atoms with Crippen LogP contribution in [0.25, 0.3) is 6.08 Å². The van der Waals surface area contributed by atoms with Crippen LogP contribution in [-0.2, 0) is 4.79 Å². The first kappa shape index (κ1) is 14.1. The Kier molecular flexibility index (Phi) is 4.37. The fraction of sp³-hybridized carbons (Fsp3) is 0. The highest BCUT2D eigenvalue weighted by Crippen LogP contribution is 2.16. The van der Waals surface area contributed by atoms with Crippen molar-refractivity contribution >= 4 is 33.9 Å². The van der Waals surface area contributed by atoms with E-state index < -0.39 is 11.9 Å². The van der Waals surface area contributed by atoms with E-state index in [2.05, 4.69) is 21.2 Å². The Morgan fingerprint density at radius 1 is 1.20 bits per heavy atom. The van der Waals surface area contributed by atoms with Gasteiger partial charge in [0.25, 0.3) is 5.91 Å². The van der Waals surface area contributed by atoms with Crippen LogP contribution in [0.3, 0.4) is 0 Å². The van der Waals surface area contributed by atoms with Crippen LogP contribution in [0, 0.1) is 0 Å². The van der Waals surface area contributed by atoms with Crippen molar-refractivity contribution in [3.63, 3.8) is 0 Å². The van der Waals surface area contributed by atoms with Crippen molar-refractivity contribution in [2.45, 2.75) is 0 Å². The molecule has 0 spiro atoms. The van der Waals surface area contributed by atoms with Gasteiger partial charge in [0.2, 0.25) is 0 Å². The first-order valence-corrected chi connectivity index (χ1v) is 6.39. The SMILES string of the molecule is O=C([O-])/C(=C\c1ccco1)NC(=O)c1ccccc1Br. The maximum absolute atomic E-state index is 12.0. The number of amides is 1. The summed E-state index contributed by atoms with van der Waals surface area (Å²) in [6.07, 6.45) is 2.58. The van der Waals surface area contributed by atoms with Gasteiger partial charge < -0.3 is 19.6 Å². The van der Waals surface area contributed by atoms with Gasteiger partial charge >= 0.3 is 0 Å².